The lowest BCUT2D eigenvalue weighted by atomic mass is 9.76. The Morgan fingerprint density at radius 3 is 2.50 bits per heavy atom. The number of rotatable bonds is 4. The topological polar surface area (TPSA) is 41.5 Å². The Morgan fingerprint density at radius 2 is 1.94 bits per heavy atom. The van der Waals surface area contributed by atoms with Crippen LogP contribution in [-0.4, -0.2) is 17.8 Å². The van der Waals surface area contributed by atoms with Crippen LogP contribution < -0.4 is 5.32 Å². The van der Waals surface area contributed by atoms with Crippen LogP contribution in [0.4, 0.5) is 0 Å². The molecule has 1 heterocycles. The first-order valence-electron chi connectivity index (χ1n) is 7.50. The third-order valence-corrected chi connectivity index (χ3v) is 4.51. The fourth-order valence-corrected chi connectivity index (χ4v) is 3.20. The van der Waals surface area contributed by atoms with Crippen LogP contribution in [0.2, 0.25) is 0 Å². The third-order valence-electron chi connectivity index (χ3n) is 4.51. The van der Waals surface area contributed by atoms with Gasteiger partial charge in [-0.2, -0.15) is 0 Å². The summed E-state index contributed by atoms with van der Waals surface area (Å²) in [5.41, 5.74) is 0. The molecule has 0 aromatic rings. The molecular formula is C15H26N2O. The molecule has 0 saturated heterocycles. The molecule has 1 unspecified atom stereocenters. The number of hydrogen-bond acceptors (Lipinski definition) is 2. The van der Waals surface area contributed by atoms with Crippen LogP contribution in [0.3, 0.4) is 0 Å². The van der Waals surface area contributed by atoms with E-state index < -0.39 is 0 Å². The zero-order chi connectivity index (χ0) is 13.1. The van der Waals surface area contributed by atoms with E-state index in [9.17, 15) is 4.79 Å². The van der Waals surface area contributed by atoms with Crippen LogP contribution in [0.1, 0.15) is 59.3 Å². The number of amidine groups is 1. The van der Waals surface area contributed by atoms with Crippen molar-refractivity contribution in [2.45, 2.75) is 65.3 Å². The van der Waals surface area contributed by atoms with E-state index in [1.165, 1.54) is 25.7 Å². The number of aliphatic imine (C=N–C) groups is 1. The monoisotopic (exact) mass is 250 g/mol. The van der Waals surface area contributed by atoms with Crippen molar-refractivity contribution < 1.29 is 4.79 Å². The van der Waals surface area contributed by atoms with Gasteiger partial charge in [0.2, 0.25) is 5.91 Å². The molecule has 0 aromatic carbocycles. The lowest BCUT2D eigenvalue weighted by Crippen LogP contribution is -2.34. The Bertz CT molecular complexity index is 327. The summed E-state index contributed by atoms with van der Waals surface area (Å²) in [7, 11) is 0. The van der Waals surface area contributed by atoms with Crippen molar-refractivity contribution in [2.75, 3.05) is 0 Å². The second-order valence-electron chi connectivity index (χ2n) is 6.16. The van der Waals surface area contributed by atoms with Crippen molar-refractivity contribution in [3.63, 3.8) is 0 Å². The Labute approximate surface area is 110 Å². The maximum atomic E-state index is 11.8. The summed E-state index contributed by atoms with van der Waals surface area (Å²) in [6, 6.07) is -0.104. The molecule has 1 N–H and O–H groups in total. The van der Waals surface area contributed by atoms with Gasteiger partial charge in [-0.3, -0.25) is 9.79 Å². The Hall–Kier alpha value is -0.860. The largest absolute Gasteiger partial charge is 0.312 e. The molecular weight excluding hydrogens is 224 g/mol. The predicted molar refractivity (Wildman–Crippen MR) is 74.6 cm³/mol. The van der Waals surface area contributed by atoms with Crippen LogP contribution in [-0.2, 0) is 4.79 Å². The van der Waals surface area contributed by atoms with Gasteiger partial charge in [0.15, 0.2) is 0 Å². The SMILES string of the molecule is CCCC1N=C(C2CCC(C(C)C)CC2)NC1=O. The highest BCUT2D eigenvalue weighted by Crippen LogP contribution is 2.34. The fourth-order valence-electron chi connectivity index (χ4n) is 3.20. The summed E-state index contributed by atoms with van der Waals surface area (Å²) in [6.07, 6.45) is 6.87. The minimum atomic E-state index is -0.104. The first kappa shape index (κ1) is 13.6. The zero-order valence-corrected chi connectivity index (χ0v) is 11.9. The third kappa shape index (κ3) is 2.93. The lowest BCUT2D eigenvalue weighted by Gasteiger charge is -2.30. The molecule has 1 aliphatic heterocycles. The van der Waals surface area contributed by atoms with Crippen molar-refractivity contribution in [1.29, 1.82) is 0 Å². The van der Waals surface area contributed by atoms with Gasteiger partial charge in [-0.1, -0.05) is 27.2 Å². The van der Waals surface area contributed by atoms with Crippen LogP contribution in [0, 0.1) is 17.8 Å². The average Bonchev–Trinajstić information content (AvgIpc) is 2.72. The van der Waals surface area contributed by atoms with E-state index in [-0.39, 0.29) is 11.9 Å². The molecule has 3 nitrogen and oxygen atoms in total. The fraction of sp³-hybridized carbons (Fsp3) is 0.867. The highest BCUT2D eigenvalue weighted by Gasteiger charge is 2.32. The smallest absolute Gasteiger partial charge is 0.250 e. The quantitative estimate of drug-likeness (QED) is 0.818. The first-order valence-corrected chi connectivity index (χ1v) is 7.50. The summed E-state index contributed by atoms with van der Waals surface area (Å²) in [5, 5.41) is 3.01. The van der Waals surface area contributed by atoms with E-state index >= 15 is 0 Å². The number of carbonyl (C=O) groups excluding carboxylic acids is 1. The highest BCUT2D eigenvalue weighted by atomic mass is 16.2. The molecule has 2 rings (SSSR count). The van der Waals surface area contributed by atoms with Gasteiger partial charge >= 0.3 is 0 Å². The van der Waals surface area contributed by atoms with E-state index in [1.807, 2.05) is 0 Å². The van der Waals surface area contributed by atoms with Gasteiger partial charge in [-0.05, 0) is 43.9 Å². The van der Waals surface area contributed by atoms with Gasteiger partial charge in [0.25, 0.3) is 0 Å². The van der Waals surface area contributed by atoms with Crippen molar-refractivity contribution >= 4 is 11.7 Å². The van der Waals surface area contributed by atoms with E-state index in [0.29, 0.717) is 5.92 Å². The van der Waals surface area contributed by atoms with Crippen molar-refractivity contribution in [1.82, 2.24) is 5.32 Å². The second kappa shape index (κ2) is 5.85. The minimum absolute atomic E-state index is 0.104. The molecule has 0 radical (unpaired) electrons. The van der Waals surface area contributed by atoms with Crippen LogP contribution >= 0.6 is 0 Å². The summed E-state index contributed by atoms with van der Waals surface area (Å²) in [6.45, 7) is 6.74. The number of carbonyl (C=O) groups is 1. The number of nitrogens with one attached hydrogen (secondary N) is 1. The lowest BCUT2D eigenvalue weighted by molar-refractivity contribution is -0.120. The van der Waals surface area contributed by atoms with Gasteiger partial charge in [0.1, 0.15) is 11.9 Å². The molecule has 1 aliphatic carbocycles. The molecule has 1 atom stereocenters. The summed E-state index contributed by atoms with van der Waals surface area (Å²) >= 11 is 0. The van der Waals surface area contributed by atoms with Gasteiger partial charge in [0.05, 0.1) is 0 Å². The normalized spacial score (nSPS) is 32.6. The summed E-state index contributed by atoms with van der Waals surface area (Å²) in [5.74, 6) is 3.27. The summed E-state index contributed by atoms with van der Waals surface area (Å²) < 4.78 is 0. The van der Waals surface area contributed by atoms with E-state index in [2.05, 4.69) is 31.1 Å². The zero-order valence-electron chi connectivity index (χ0n) is 11.9. The molecule has 1 fully saturated rings. The van der Waals surface area contributed by atoms with Crippen LogP contribution in [0.25, 0.3) is 0 Å². The van der Waals surface area contributed by atoms with E-state index in [1.54, 1.807) is 0 Å². The van der Waals surface area contributed by atoms with Crippen molar-refractivity contribution in [3.05, 3.63) is 0 Å². The number of nitrogens with zero attached hydrogens (tertiary/aromatic N) is 1. The van der Waals surface area contributed by atoms with Crippen molar-refractivity contribution in [3.8, 4) is 0 Å². The predicted octanol–water partition coefficient (Wildman–Crippen LogP) is 3.15. The Morgan fingerprint density at radius 1 is 1.28 bits per heavy atom. The average molecular weight is 250 g/mol. The molecule has 0 bridgehead atoms. The molecule has 2 aliphatic rings. The molecule has 0 spiro atoms. The molecule has 1 saturated carbocycles. The molecule has 0 aromatic heterocycles. The van der Waals surface area contributed by atoms with Gasteiger partial charge in [0, 0.05) is 5.92 Å². The molecule has 18 heavy (non-hydrogen) atoms. The van der Waals surface area contributed by atoms with Gasteiger partial charge < -0.3 is 5.32 Å². The second-order valence-corrected chi connectivity index (χ2v) is 6.16. The molecule has 3 heteroatoms. The minimum Gasteiger partial charge on any atom is -0.312 e. The maximum absolute atomic E-state index is 11.8. The Balaban J connectivity index is 1.90. The van der Waals surface area contributed by atoms with Gasteiger partial charge in [-0.25, -0.2) is 0 Å². The molecule has 102 valence electrons. The Kier molecular flexibility index (Phi) is 4.41. The summed E-state index contributed by atoms with van der Waals surface area (Å²) in [4.78, 5) is 16.4. The van der Waals surface area contributed by atoms with Crippen molar-refractivity contribution in [2.24, 2.45) is 22.7 Å². The van der Waals surface area contributed by atoms with E-state index in [4.69, 9.17) is 0 Å². The van der Waals surface area contributed by atoms with Crippen LogP contribution in [0.5, 0.6) is 0 Å². The highest BCUT2D eigenvalue weighted by molar-refractivity contribution is 6.06. The standard InChI is InChI=1S/C15H26N2O/c1-4-5-13-15(18)17-14(16-13)12-8-6-11(7-9-12)10(2)3/h10-13H,4-9H2,1-3H3,(H,16,17,18). The first-order chi connectivity index (χ1) is 8.61. The van der Waals surface area contributed by atoms with Crippen LogP contribution in [0.15, 0.2) is 4.99 Å². The maximum Gasteiger partial charge on any atom is 0.250 e. The van der Waals surface area contributed by atoms with E-state index in [0.717, 1.165) is 30.5 Å². The number of hydrogen-bond donors (Lipinski definition) is 1. The number of amides is 1. The molecule has 1 amide bonds. The van der Waals surface area contributed by atoms with Gasteiger partial charge in [-0.15, -0.1) is 0 Å².